The predicted molar refractivity (Wildman–Crippen MR) is 76.7 cm³/mol. The number of anilines is 2. The summed E-state index contributed by atoms with van der Waals surface area (Å²) in [5.74, 6) is 1.92. The fraction of sp³-hybridized carbons (Fsp3) is 0.417. The lowest BCUT2D eigenvalue weighted by atomic mass is 10.3. The van der Waals surface area contributed by atoms with Crippen LogP contribution in [0.15, 0.2) is 18.2 Å². The second-order valence-electron chi connectivity index (χ2n) is 3.65. The lowest BCUT2D eigenvalue weighted by molar-refractivity contribution is -0.115. The van der Waals surface area contributed by atoms with Crippen molar-refractivity contribution in [1.82, 2.24) is 0 Å². The highest BCUT2D eigenvalue weighted by molar-refractivity contribution is 7.99. The molecule has 0 heterocycles. The average Bonchev–Trinajstić information content (AvgIpc) is 2.28. The van der Waals surface area contributed by atoms with Gasteiger partial charge in [0, 0.05) is 17.9 Å². The zero-order valence-corrected chi connectivity index (χ0v) is 11.4. The number of rotatable bonds is 6. The highest BCUT2D eigenvalue weighted by Crippen LogP contribution is 2.24. The second kappa shape index (κ2) is 7.45. The van der Waals surface area contributed by atoms with Crippen molar-refractivity contribution in [2.24, 2.45) is 0 Å². The van der Waals surface area contributed by atoms with Gasteiger partial charge in [-0.2, -0.15) is 11.8 Å². The number of hydrogen-bond acceptors (Lipinski definition) is 3. The number of carbonyl (C=O) groups excluding carboxylic acids is 1. The maximum absolute atomic E-state index is 11.6. The minimum atomic E-state index is -0.0136. The Morgan fingerprint density at radius 2 is 2.24 bits per heavy atom. The first-order valence-electron chi connectivity index (χ1n) is 5.56. The summed E-state index contributed by atoms with van der Waals surface area (Å²) in [5.41, 5.74) is 6.78. The molecule has 0 unspecified atom stereocenters. The number of nitrogens with one attached hydrogen (secondary N) is 1. The molecule has 0 radical (unpaired) electrons. The predicted octanol–water partition coefficient (Wildman–Crippen LogP) is 3.39. The molecule has 0 fully saturated rings. The maximum Gasteiger partial charge on any atom is 0.225 e. The molecule has 17 heavy (non-hydrogen) atoms. The Hall–Kier alpha value is -0.870. The molecule has 1 aromatic rings. The van der Waals surface area contributed by atoms with Crippen LogP contribution in [0.3, 0.4) is 0 Å². The van der Waals surface area contributed by atoms with Crippen LogP contribution in [0, 0.1) is 0 Å². The number of benzene rings is 1. The molecule has 0 spiro atoms. The van der Waals surface area contributed by atoms with Crippen LogP contribution in [0.1, 0.15) is 19.8 Å². The number of amides is 1. The summed E-state index contributed by atoms with van der Waals surface area (Å²) in [6.07, 6.45) is 1.64. The third kappa shape index (κ3) is 5.33. The Morgan fingerprint density at radius 3 is 2.88 bits per heavy atom. The van der Waals surface area contributed by atoms with Gasteiger partial charge in [-0.15, -0.1) is 0 Å². The molecule has 5 heteroatoms. The van der Waals surface area contributed by atoms with E-state index >= 15 is 0 Å². The van der Waals surface area contributed by atoms with E-state index < -0.39 is 0 Å². The van der Waals surface area contributed by atoms with Crippen molar-refractivity contribution in [1.29, 1.82) is 0 Å². The average molecular weight is 273 g/mol. The minimum absolute atomic E-state index is 0.0136. The number of thioether (sulfide) groups is 1. The summed E-state index contributed by atoms with van der Waals surface area (Å²) in [4.78, 5) is 11.6. The third-order valence-electron chi connectivity index (χ3n) is 2.09. The van der Waals surface area contributed by atoms with E-state index in [0.717, 1.165) is 17.9 Å². The van der Waals surface area contributed by atoms with E-state index in [4.69, 9.17) is 17.3 Å². The van der Waals surface area contributed by atoms with Gasteiger partial charge in [0.15, 0.2) is 0 Å². The van der Waals surface area contributed by atoms with E-state index in [1.165, 1.54) is 0 Å². The van der Waals surface area contributed by atoms with Gasteiger partial charge in [-0.25, -0.2) is 0 Å². The van der Waals surface area contributed by atoms with Gasteiger partial charge in [-0.3, -0.25) is 4.79 Å². The van der Waals surface area contributed by atoms with Crippen LogP contribution in [0.5, 0.6) is 0 Å². The molecule has 0 aromatic heterocycles. The van der Waals surface area contributed by atoms with Crippen molar-refractivity contribution in [2.45, 2.75) is 19.8 Å². The van der Waals surface area contributed by atoms with Crippen molar-refractivity contribution in [3.63, 3.8) is 0 Å². The third-order valence-corrected chi connectivity index (χ3v) is 3.59. The largest absolute Gasteiger partial charge is 0.399 e. The number of nitrogen functional groups attached to an aromatic ring is 1. The minimum Gasteiger partial charge on any atom is -0.399 e. The molecule has 0 saturated heterocycles. The summed E-state index contributed by atoms with van der Waals surface area (Å²) in [7, 11) is 0. The topological polar surface area (TPSA) is 55.1 Å². The zero-order chi connectivity index (χ0) is 12.7. The van der Waals surface area contributed by atoms with Crippen molar-refractivity contribution < 1.29 is 4.79 Å². The molecule has 0 bridgehead atoms. The van der Waals surface area contributed by atoms with E-state index in [9.17, 15) is 4.79 Å². The molecule has 0 aliphatic carbocycles. The lowest BCUT2D eigenvalue weighted by Crippen LogP contribution is -2.12. The number of nitrogens with two attached hydrogens (primary N) is 1. The Morgan fingerprint density at radius 1 is 1.47 bits per heavy atom. The highest BCUT2D eigenvalue weighted by Gasteiger charge is 2.05. The van der Waals surface area contributed by atoms with Crippen LogP contribution in [-0.2, 0) is 4.79 Å². The molecule has 0 aliphatic rings. The molecule has 0 saturated carbocycles. The van der Waals surface area contributed by atoms with Crippen molar-refractivity contribution in [3.8, 4) is 0 Å². The van der Waals surface area contributed by atoms with Gasteiger partial charge in [0.2, 0.25) is 5.91 Å². The quantitative estimate of drug-likeness (QED) is 0.616. The molecule has 1 rings (SSSR count). The number of halogens is 1. The smallest absolute Gasteiger partial charge is 0.225 e. The van der Waals surface area contributed by atoms with Gasteiger partial charge in [0.1, 0.15) is 0 Å². The first-order chi connectivity index (χ1) is 8.13. The fourth-order valence-corrected chi connectivity index (χ4v) is 2.32. The standard InChI is InChI=1S/C12H17ClN2OS/c1-2-6-17-7-5-12(16)15-11-4-3-9(14)8-10(11)13/h3-4,8H,2,5-7,14H2,1H3,(H,15,16). The van der Waals surface area contributed by atoms with Crippen molar-refractivity contribution >= 4 is 40.6 Å². The first kappa shape index (κ1) is 14.2. The van der Waals surface area contributed by atoms with Gasteiger partial charge in [-0.05, 0) is 30.4 Å². The van der Waals surface area contributed by atoms with Gasteiger partial charge >= 0.3 is 0 Å². The molecular formula is C12H17ClN2OS. The molecule has 3 N–H and O–H groups in total. The van der Waals surface area contributed by atoms with Crippen LogP contribution in [0.25, 0.3) is 0 Å². The van der Waals surface area contributed by atoms with Crippen LogP contribution in [0.2, 0.25) is 5.02 Å². The molecular weight excluding hydrogens is 256 g/mol. The fourth-order valence-electron chi connectivity index (χ4n) is 1.26. The van der Waals surface area contributed by atoms with E-state index in [1.54, 1.807) is 30.0 Å². The summed E-state index contributed by atoms with van der Waals surface area (Å²) >= 11 is 7.74. The molecule has 0 atom stereocenters. The van der Waals surface area contributed by atoms with Crippen LogP contribution < -0.4 is 11.1 Å². The molecule has 1 aromatic carbocycles. The Kier molecular flexibility index (Phi) is 6.22. The SMILES string of the molecule is CCCSCCC(=O)Nc1ccc(N)cc1Cl. The lowest BCUT2D eigenvalue weighted by Gasteiger charge is -2.07. The number of hydrogen-bond donors (Lipinski definition) is 2. The van der Waals surface area contributed by atoms with Gasteiger partial charge < -0.3 is 11.1 Å². The summed E-state index contributed by atoms with van der Waals surface area (Å²) < 4.78 is 0. The number of carbonyl (C=O) groups is 1. The van der Waals surface area contributed by atoms with Crippen LogP contribution >= 0.6 is 23.4 Å². The van der Waals surface area contributed by atoms with Gasteiger partial charge in [0.25, 0.3) is 0 Å². The molecule has 0 aliphatic heterocycles. The van der Waals surface area contributed by atoms with Crippen LogP contribution in [-0.4, -0.2) is 17.4 Å². The van der Waals surface area contributed by atoms with E-state index in [2.05, 4.69) is 12.2 Å². The summed E-state index contributed by atoms with van der Waals surface area (Å²) in [6.45, 7) is 2.13. The van der Waals surface area contributed by atoms with Crippen molar-refractivity contribution in [2.75, 3.05) is 22.6 Å². The first-order valence-corrected chi connectivity index (χ1v) is 7.09. The van der Waals surface area contributed by atoms with E-state index in [1.807, 2.05) is 0 Å². The normalized spacial score (nSPS) is 10.2. The summed E-state index contributed by atoms with van der Waals surface area (Å²) in [5, 5.41) is 3.25. The summed E-state index contributed by atoms with van der Waals surface area (Å²) in [6, 6.07) is 5.06. The van der Waals surface area contributed by atoms with Gasteiger partial charge in [0.05, 0.1) is 10.7 Å². The van der Waals surface area contributed by atoms with Crippen molar-refractivity contribution in [3.05, 3.63) is 23.2 Å². The Labute approximate surface area is 111 Å². The Balaban J connectivity index is 2.40. The van der Waals surface area contributed by atoms with Gasteiger partial charge in [-0.1, -0.05) is 18.5 Å². The maximum atomic E-state index is 11.6. The molecule has 3 nitrogen and oxygen atoms in total. The monoisotopic (exact) mass is 272 g/mol. The highest BCUT2D eigenvalue weighted by atomic mass is 35.5. The van der Waals surface area contributed by atoms with E-state index in [0.29, 0.717) is 22.8 Å². The van der Waals surface area contributed by atoms with E-state index in [-0.39, 0.29) is 5.91 Å². The Bertz CT molecular complexity index is 385. The molecule has 94 valence electrons. The second-order valence-corrected chi connectivity index (χ2v) is 5.28. The van der Waals surface area contributed by atoms with Crippen LogP contribution in [0.4, 0.5) is 11.4 Å². The zero-order valence-electron chi connectivity index (χ0n) is 9.83. The molecule has 1 amide bonds.